The maximum atomic E-state index is 12.9. The molecule has 2 heterocycles. The van der Waals surface area contributed by atoms with Crippen molar-refractivity contribution in [1.82, 2.24) is 4.90 Å². The molecule has 0 spiro atoms. The lowest BCUT2D eigenvalue weighted by atomic mass is 9.99. The van der Waals surface area contributed by atoms with Crippen LogP contribution in [0.4, 0.5) is 0 Å². The lowest BCUT2D eigenvalue weighted by molar-refractivity contribution is -0.122. The van der Waals surface area contributed by atoms with Crippen molar-refractivity contribution in [2.75, 3.05) is 6.26 Å². The molecule has 2 aliphatic heterocycles. The van der Waals surface area contributed by atoms with Crippen LogP contribution in [0, 0.1) is 6.92 Å². The monoisotopic (exact) mass is 289 g/mol. The molecule has 0 N–H and O–H groups in total. The number of rotatable bonds is 2. The molecule has 2 saturated heterocycles. The van der Waals surface area contributed by atoms with E-state index in [0.29, 0.717) is 18.6 Å². The summed E-state index contributed by atoms with van der Waals surface area (Å²) in [6.07, 6.45) is 5.06. The van der Waals surface area contributed by atoms with Crippen LogP contribution in [0.15, 0.2) is 23.1 Å². The van der Waals surface area contributed by atoms with Crippen molar-refractivity contribution in [2.45, 2.75) is 49.6 Å². The van der Waals surface area contributed by atoms with E-state index in [-0.39, 0.29) is 18.0 Å². The summed E-state index contributed by atoms with van der Waals surface area (Å²) >= 11 is 1.65. The molecule has 106 valence electrons. The van der Waals surface area contributed by atoms with Crippen LogP contribution in [0.5, 0.6) is 0 Å². The van der Waals surface area contributed by atoms with Gasteiger partial charge in [-0.15, -0.1) is 11.8 Å². The molecular formula is C16H19NO2S. The molecule has 2 bridgehead atoms. The van der Waals surface area contributed by atoms with Gasteiger partial charge < -0.3 is 4.90 Å². The number of Topliss-reactive ketones (excluding diaryl/α,β-unsaturated/α-hetero) is 1. The third-order valence-corrected chi connectivity index (χ3v) is 5.18. The maximum absolute atomic E-state index is 12.9. The summed E-state index contributed by atoms with van der Waals surface area (Å²) in [6.45, 7) is 1.98. The number of amides is 1. The van der Waals surface area contributed by atoms with Crippen molar-refractivity contribution in [1.29, 1.82) is 0 Å². The van der Waals surface area contributed by atoms with Crippen molar-refractivity contribution < 1.29 is 9.59 Å². The summed E-state index contributed by atoms with van der Waals surface area (Å²) in [5.41, 5.74) is 1.81. The van der Waals surface area contributed by atoms with E-state index < -0.39 is 0 Å². The predicted octanol–water partition coefficient (Wildman–Crippen LogP) is 3.05. The van der Waals surface area contributed by atoms with E-state index in [1.54, 1.807) is 11.8 Å². The van der Waals surface area contributed by atoms with Crippen LogP contribution in [-0.4, -0.2) is 34.9 Å². The van der Waals surface area contributed by atoms with Crippen LogP contribution >= 0.6 is 11.8 Å². The fraction of sp³-hybridized carbons (Fsp3) is 0.500. The van der Waals surface area contributed by atoms with Gasteiger partial charge in [-0.05, 0) is 43.7 Å². The number of carbonyl (C=O) groups excluding carboxylic acids is 2. The zero-order valence-electron chi connectivity index (χ0n) is 11.9. The van der Waals surface area contributed by atoms with Crippen LogP contribution in [0.3, 0.4) is 0 Å². The van der Waals surface area contributed by atoms with Crippen molar-refractivity contribution in [3.8, 4) is 0 Å². The minimum Gasteiger partial charge on any atom is -0.332 e. The largest absolute Gasteiger partial charge is 0.332 e. The number of hydrogen-bond donors (Lipinski definition) is 0. The number of fused-ring (bicyclic) bond motifs is 2. The van der Waals surface area contributed by atoms with Crippen LogP contribution < -0.4 is 0 Å². The molecular weight excluding hydrogens is 270 g/mol. The van der Waals surface area contributed by atoms with E-state index >= 15 is 0 Å². The molecule has 0 radical (unpaired) electrons. The summed E-state index contributed by atoms with van der Waals surface area (Å²) in [6, 6.07) is 6.30. The number of hydrogen-bond acceptors (Lipinski definition) is 3. The molecule has 2 aliphatic rings. The van der Waals surface area contributed by atoms with Gasteiger partial charge in [-0.3, -0.25) is 9.59 Å². The quantitative estimate of drug-likeness (QED) is 0.785. The maximum Gasteiger partial charge on any atom is 0.254 e. The molecule has 1 aromatic rings. The molecule has 4 heteroatoms. The first-order valence-corrected chi connectivity index (χ1v) is 8.31. The Hall–Kier alpha value is -1.29. The fourth-order valence-corrected chi connectivity index (χ4v) is 3.84. The fourth-order valence-electron chi connectivity index (χ4n) is 3.40. The number of carbonyl (C=O) groups is 2. The van der Waals surface area contributed by atoms with Crippen molar-refractivity contribution in [3.63, 3.8) is 0 Å². The Labute approximate surface area is 123 Å². The first-order chi connectivity index (χ1) is 9.60. The van der Waals surface area contributed by atoms with E-state index in [9.17, 15) is 9.59 Å². The minimum absolute atomic E-state index is 0.110. The van der Waals surface area contributed by atoms with Gasteiger partial charge in [-0.25, -0.2) is 0 Å². The molecule has 20 heavy (non-hydrogen) atoms. The Bertz CT molecular complexity index is 554. The molecule has 1 aromatic carbocycles. The van der Waals surface area contributed by atoms with E-state index in [4.69, 9.17) is 0 Å². The molecule has 2 fully saturated rings. The second-order valence-corrected chi connectivity index (χ2v) is 6.60. The second-order valence-electron chi connectivity index (χ2n) is 5.73. The topological polar surface area (TPSA) is 37.4 Å². The van der Waals surface area contributed by atoms with Gasteiger partial charge >= 0.3 is 0 Å². The van der Waals surface area contributed by atoms with Crippen molar-refractivity contribution in [2.24, 2.45) is 0 Å². The Morgan fingerprint density at radius 1 is 1.25 bits per heavy atom. The van der Waals surface area contributed by atoms with Gasteiger partial charge in [0.15, 0.2) is 0 Å². The number of thioether (sulfide) groups is 1. The van der Waals surface area contributed by atoms with E-state index in [1.807, 2.05) is 36.3 Å². The molecule has 1 amide bonds. The van der Waals surface area contributed by atoms with Crippen LogP contribution in [0.25, 0.3) is 0 Å². The Kier molecular flexibility index (Phi) is 3.59. The van der Waals surface area contributed by atoms with Crippen molar-refractivity contribution >= 4 is 23.5 Å². The zero-order valence-corrected chi connectivity index (χ0v) is 12.7. The van der Waals surface area contributed by atoms with E-state index in [1.165, 1.54) is 0 Å². The number of piperidine rings is 1. The summed E-state index contributed by atoms with van der Waals surface area (Å²) in [7, 11) is 0. The average Bonchev–Trinajstić information content (AvgIpc) is 2.71. The first kappa shape index (κ1) is 13.7. The van der Waals surface area contributed by atoms with Crippen LogP contribution in [0.2, 0.25) is 0 Å². The predicted molar refractivity (Wildman–Crippen MR) is 80.2 cm³/mol. The van der Waals surface area contributed by atoms with Gasteiger partial charge in [0.1, 0.15) is 5.78 Å². The summed E-state index contributed by atoms with van der Waals surface area (Å²) < 4.78 is 0. The van der Waals surface area contributed by atoms with Gasteiger partial charge in [0, 0.05) is 35.4 Å². The molecule has 2 unspecified atom stereocenters. The third kappa shape index (κ3) is 2.26. The Morgan fingerprint density at radius 3 is 2.50 bits per heavy atom. The highest BCUT2D eigenvalue weighted by atomic mass is 32.2. The van der Waals surface area contributed by atoms with Gasteiger partial charge in [0.25, 0.3) is 5.91 Å². The number of benzene rings is 1. The lowest BCUT2D eigenvalue weighted by Crippen LogP contribution is -2.46. The van der Waals surface area contributed by atoms with Crippen LogP contribution in [-0.2, 0) is 4.79 Å². The standard InChI is InChI=1S/C16H19NO2S/c1-10-3-6-14(20-2)9-15(10)16(19)17-11-4-5-12(17)8-13(18)7-11/h3,6,9,11-12H,4-5,7-8H2,1-2H3. The zero-order chi connectivity index (χ0) is 14.3. The number of aryl methyl sites for hydroxylation is 1. The molecule has 0 aromatic heterocycles. The first-order valence-electron chi connectivity index (χ1n) is 7.09. The number of ketones is 1. The Balaban J connectivity index is 1.92. The Morgan fingerprint density at radius 2 is 1.90 bits per heavy atom. The van der Waals surface area contributed by atoms with E-state index in [0.717, 1.165) is 28.9 Å². The molecule has 3 nitrogen and oxygen atoms in total. The molecule has 2 atom stereocenters. The number of nitrogens with zero attached hydrogens (tertiary/aromatic N) is 1. The minimum atomic E-state index is 0.110. The third-order valence-electron chi connectivity index (χ3n) is 4.46. The van der Waals surface area contributed by atoms with Gasteiger partial charge in [0.05, 0.1) is 0 Å². The normalized spacial score (nSPS) is 25.1. The smallest absolute Gasteiger partial charge is 0.254 e. The van der Waals surface area contributed by atoms with Crippen molar-refractivity contribution in [3.05, 3.63) is 29.3 Å². The SMILES string of the molecule is CSc1ccc(C)c(C(=O)N2C3CCC2CC(=O)C3)c1. The summed E-state index contributed by atoms with van der Waals surface area (Å²) in [5, 5.41) is 0. The summed E-state index contributed by atoms with van der Waals surface area (Å²) in [5.74, 6) is 0.425. The molecule has 0 aliphatic carbocycles. The highest BCUT2D eigenvalue weighted by molar-refractivity contribution is 7.98. The van der Waals surface area contributed by atoms with Gasteiger partial charge in [-0.1, -0.05) is 6.07 Å². The lowest BCUT2D eigenvalue weighted by Gasteiger charge is -2.34. The van der Waals surface area contributed by atoms with Crippen LogP contribution in [0.1, 0.15) is 41.6 Å². The van der Waals surface area contributed by atoms with E-state index in [2.05, 4.69) is 0 Å². The molecule has 3 rings (SSSR count). The molecule has 0 saturated carbocycles. The highest BCUT2D eigenvalue weighted by Crippen LogP contribution is 2.35. The summed E-state index contributed by atoms with van der Waals surface area (Å²) in [4.78, 5) is 27.6. The van der Waals surface area contributed by atoms with Gasteiger partial charge in [0.2, 0.25) is 0 Å². The average molecular weight is 289 g/mol. The highest BCUT2D eigenvalue weighted by Gasteiger charge is 2.43. The van der Waals surface area contributed by atoms with Gasteiger partial charge in [-0.2, -0.15) is 0 Å². The second kappa shape index (κ2) is 5.24.